The first-order valence-electron chi connectivity index (χ1n) is 9.65. The Morgan fingerprint density at radius 1 is 1.25 bits per heavy atom. The molecule has 0 radical (unpaired) electrons. The van der Waals surface area contributed by atoms with Crippen LogP contribution >= 0.6 is 0 Å². The van der Waals surface area contributed by atoms with Gasteiger partial charge in [0.2, 0.25) is 0 Å². The molecule has 28 heavy (non-hydrogen) atoms. The second kappa shape index (κ2) is 7.35. The summed E-state index contributed by atoms with van der Waals surface area (Å²) in [6.45, 7) is 3.64. The van der Waals surface area contributed by atoms with E-state index in [2.05, 4.69) is 23.2 Å². The minimum absolute atomic E-state index is 0.0538. The van der Waals surface area contributed by atoms with Crippen LogP contribution in [0, 0.1) is 11.3 Å². The van der Waals surface area contributed by atoms with Gasteiger partial charge in [-0.1, -0.05) is 6.07 Å². The van der Waals surface area contributed by atoms with Gasteiger partial charge in [0.25, 0.3) is 11.8 Å². The van der Waals surface area contributed by atoms with Crippen LogP contribution < -0.4 is 10.2 Å². The number of anilines is 2. The number of hydrogen-bond acceptors (Lipinski definition) is 4. The fourth-order valence-electron chi connectivity index (χ4n) is 4.13. The lowest BCUT2D eigenvalue weighted by molar-refractivity contribution is 0.0582. The predicted octanol–water partition coefficient (Wildman–Crippen LogP) is 3.60. The van der Waals surface area contributed by atoms with Crippen LogP contribution in [0.4, 0.5) is 11.4 Å². The second-order valence-electron chi connectivity index (χ2n) is 7.14. The number of fused-ring (bicyclic) bond motifs is 2. The Bertz CT molecular complexity index is 979. The van der Waals surface area contributed by atoms with Gasteiger partial charge in [0.05, 0.1) is 22.9 Å². The molecule has 2 aliphatic heterocycles. The average Bonchev–Trinajstić information content (AvgIpc) is 2.74. The van der Waals surface area contributed by atoms with Gasteiger partial charge >= 0.3 is 0 Å². The first-order chi connectivity index (χ1) is 13.6. The summed E-state index contributed by atoms with van der Waals surface area (Å²) < 4.78 is 0. The van der Waals surface area contributed by atoms with E-state index in [0.29, 0.717) is 22.4 Å². The van der Waals surface area contributed by atoms with E-state index in [0.717, 1.165) is 38.0 Å². The first-order valence-corrected chi connectivity index (χ1v) is 9.65. The highest BCUT2D eigenvalue weighted by Gasteiger charge is 2.38. The Balaban J connectivity index is 1.65. The van der Waals surface area contributed by atoms with Crippen LogP contribution in [-0.4, -0.2) is 36.0 Å². The first kappa shape index (κ1) is 18.1. The van der Waals surface area contributed by atoms with Gasteiger partial charge in [-0.15, -0.1) is 0 Å². The fourth-order valence-corrected chi connectivity index (χ4v) is 4.13. The maximum absolute atomic E-state index is 12.9. The van der Waals surface area contributed by atoms with Crippen molar-refractivity contribution in [2.75, 3.05) is 23.3 Å². The van der Waals surface area contributed by atoms with Crippen molar-refractivity contribution in [2.24, 2.45) is 0 Å². The maximum atomic E-state index is 12.9. The lowest BCUT2D eigenvalue weighted by Crippen LogP contribution is -2.57. The third-order valence-electron chi connectivity index (χ3n) is 5.48. The molecule has 142 valence electrons. The van der Waals surface area contributed by atoms with Crippen LogP contribution in [0.5, 0.6) is 0 Å². The van der Waals surface area contributed by atoms with E-state index < -0.39 is 0 Å². The summed E-state index contributed by atoms with van der Waals surface area (Å²) in [6, 6.07) is 14.1. The largest absolute Gasteiger partial charge is 0.351 e. The third-order valence-corrected chi connectivity index (χ3v) is 5.48. The third kappa shape index (κ3) is 3.09. The molecule has 2 aromatic rings. The quantitative estimate of drug-likeness (QED) is 0.890. The van der Waals surface area contributed by atoms with Crippen molar-refractivity contribution >= 4 is 23.2 Å². The summed E-state index contributed by atoms with van der Waals surface area (Å²) in [4.78, 5) is 29.9. The summed E-state index contributed by atoms with van der Waals surface area (Å²) in [7, 11) is 0. The molecule has 6 heteroatoms. The van der Waals surface area contributed by atoms with E-state index in [1.54, 1.807) is 36.4 Å². The summed E-state index contributed by atoms with van der Waals surface area (Å²) in [6.07, 6.45) is 3.17. The van der Waals surface area contributed by atoms with Crippen LogP contribution in [0.2, 0.25) is 0 Å². The van der Waals surface area contributed by atoms with Crippen molar-refractivity contribution in [2.45, 2.75) is 32.4 Å². The van der Waals surface area contributed by atoms with Crippen molar-refractivity contribution in [1.29, 1.82) is 5.26 Å². The number of carbonyl (C=O) groups excluding carboxylic acids is 2. The molecule has 6 nitrogen and oxygen atoms in total. The maximum Gasteiger partial charge on any atom is 0.257 e. The Morgan fingerprint density at radius 3 is 2.89 bits per heavy atom. The number of nitrogens with zero attached hydrogens (tertiary/aromatic N) is 3. The molecule has 1 saturated heterocycles. The smallest absolute Gasteiger partial charge is 0.257 e. The molecule has 2 amide bonds. The number of nitriles is 1. The Hall–Kier alpha value is -3.33. The molecule has 0 spiro atoms. The molecular formula is C22H22N4O2. The molecule has 4 rings (SSSR count). The summed E-state index contributed by atoms with van der Waals surface area (Å²) in [5.41, 5.74) is 3.04. The molecule has 2 aliphatic rings. The molecule has 2 aromatic carbocycles. The van der Waals surface area contributed by atoms with Gasteiger partial charge in [-0.2, -0.15) is 5.26 Å². The van der Waals surface area contributed by atoms with Crippen LogP contribution in [0.1, 0.15) is 52.5 Å². The van der Waals surface area contributed by atoms with Crippen molar-refractivity contribution in [1.82, 2.24) is 4.90 Å². The molecule has 1 unspecified atom stereocenters. The Labute approximate surface area is 164 Å². The monoisotopic (exact) mass is 374 g/mol. The minimum Gasteiger partial charge on any atom is -0.351 e. The number of amides is 2. The van der Waals surface area contributed by atoms with Crippen molar-refractivity contribution in [3.05, 3.63) is 59.2 Å². The van der Waals surface area contributed by atoms with Crippen LogP contribution in [0.3, 0.4) is 0 Å². The number of benzene rings is 2. The van der Waals surface area contributed by atoms with Gasteiger partial charge in [0.1, 0.15) is 6.17 Å². The average molecular weight is 374 g/mol. The van der Waals surface area contributed by atoms with Gasteiger partial charge in [0, 0.05) is 24.3 Å². The molecule has 0 aromatic heterocycles. The van der Waals surface area contributed by atoms with Gasteiger partial charge in [-0.25, -0.2) is 0 Å². The molecule has 2 heterocycles. The van der Waals surface area contributed by atoms with E-state index >= 15 is 0 Å². The van der Waals surface area contributed by atoms with Gasteiger partial charge in [-0.05, 0) is 62.6 Å². The second-order valence-corrected chi connectivity index (χ2v) is 7.14. The predicted molar refractivity (Wildman–Crippen MR) is 107 cm³/mol. The normalized spacial score (nSPS) is 18.1. The van der Waals surface area contributed by atoms with Crippen LogP contribution in [-0.2, 0) is 0 Å². The van der Waals surface area contributed by atoms with Gasteiger partial charge in [0.15, 0.2) is 0 Å². The van der Waals surface area contributed by atoms with E-state index in [1.165, 1.54) is 0 Å². The molecule has 0 aliphatic carbocycles. The number of hydrogen-bond donors (Lipinski definition) is 1. The van der Waals surface area contributed by atoms with E-state index in [4.69, 9.17) is 5.26 Å². The summed E-state index contributed by atoms with van der Waals surface area (Å²) in [5, 5.41) is 11.9. The molecule has 0 saturated carbocycles. The van der Waals surface area contributed by atoms with Gasteiger partial charge in [-0.3, -0.25) is 9.59 Å². The summed E-state index contributed by atoms with van der Waals surface area (Å²) >= 11 is 0. The van der Waals surface area contributed by atoms with Crippen molar-refractivity contribution in [3.8, 4) is 6.07 Å². The van der Waals surface area contributed by atoms with E-state index in [-0.39, 0.29) is 18.0 Å². The highest BCUT2D eigenvalue weighted by molar-refractivity contribution is 6.08. The van der Waals surface area contributed by atoms with Crippen molar-refractivity contribution < 1.29 is 9.59 Å². The number of rotatable bonds is 3. The zero-order valence-corrected chi connectivity index (χ0v) is 15.8. The topological polar surface area (TPSA) is 76.4 Å². The zero-order valence-electron chi connectivity index (χ0n) is 15.8. The molecule has 1 N–H and O–H groups in total. The summed E-state index contributed by atoms with van der Waals surface area (Å²) in [5.74, 6) is -0.203. The van der Waals surface area contributed by atoms with Crippen molar-refractivity contribution in [3.63, 3.8) is 0 Å². The molecular weight excluding hydrogens is 352 g/mol. The van der Waals surface area contributed by atoms with E-state index in [9.17, 15) is 9.59 Å². The standard InChI is InChI=1S/C22H22N4O2/c1-2-25-19-13-16(21(27)24-17-7-5-6-15(12-17)14-23)9-10-18(19)22(28)26-11-4-3-8-20(25)26/h5-7,9-10,12-13,20H,2-4,8,11H2,1H3,(H,24,27). The molecule has 0 bridgehead atoms. The number of piperidine rings is 1. The highest BCUT2D eigenvalue weighted by atomic mass is 16.2. The Kier molecular flexibility index (Phi) is 4.74. The lowest BCUT2D eigenvalue weighted by Gasteiger charge is -2.47. The highest BCUT2D eigenvalue weighted by Crippen LogP contribution is 2.35. The Morgan fingerprint density at radius 2 is 2.11 bits per heavy atom. The van der Waals surface area contributed by atoms with Gasteiger partial charge < -0.3 is 15.1 Å². The molecule has 1 fully saturated rings. The minimum atomic E-state index is -0.257. The van der Waals surface area contributed by atoms with E-state index in [1.807, 2.05) is 11.0 Å². The fraction of sp³-hybridized carbons (Fsp3) is 0.318. The zero-order chi connectivity index (χ0) is 19.7. The SMILES string of the molecule is CCN1c2cc(C(=O)Nc3cccc(C#N)c3)ccc2C(=O)N2CCCCC21. The van der Waals surface area contributed by atoms with Crippen LogP contribution in [0.15, 0.2) is 42.5 Å². The molecule has 1 atom stereocenters. The number of nitrogens with one attached hydrogen (secondary N) is 1. The number of carbonyl (C=O) groups is 2. The lowest BCUT2D eigenvalue weighted by atomic mass is 9.97. The van der Waals surface area contributed by atoms with Crippen LogP contribution in [0.25, 0.3) is 0 Å².